The van der Waals surface area contributed by atoms with Crippen LogP contribution in [0.3, 0.4) is 0 Å². The maximum absolute atomic E-state index is 5.96. The van der Waals surface area contributed by atoms with Gasteiger partial charge in [-0.25, -0.2) is 4.98 Å². The molecule has 0 bridgehead atoms. The van der Waals surface area contributed by atoms with E-state index in [0.29, 0.717) is 0 Å². The summed E-state index contributed by atoms with van der Waals surface area (Å²) in [6, 6.07) is 8.02. The van der Waals surface area contributed by atoms with Crippen molar-refractivity contribution >= 4 is 11.1 Å². The second-order valence-corrected chi connectivity index (χ2v) is 4.87. The molecular formula is C14H18N2O. The van der Waals surface area contributed by atoms with Crippen molar-refractivity contribution in [1.29, 1.82) is 0 Å². The Morgan fingerprint density at radius 3 is 2.76 bits per heavy atom. The predicted octanol–water partition coefficient (Wildman–Crippen LogP) is 2.86. The van der Waals surface area contributed by atoms with Crippen LogP contribution in [0.4, 0.5) is 0 Å². The Hall–Kier alpha value is -1.35. The normalized spacial score (nSPS) is 19.6. The zero-order valence-electron chi connectivity index (χ0n) is 10.2. The fraction of sp³-hybridized carbons (Fsp3) is 0.500. The van der Waals surface area contributed by atoms with E-state index in [9.17, 15) is 0 Å². The van der Waals surface area contributed by atoms with Gasteiger partial charge in [0, 0.05) is 5.41 Å². The standard InChI is InChI=1S/C14H18N2O/c1-2-14(7-9-15-10-8-14)13-16-11-5-3-4-6-12(11)17-13/h3-6,15H,2,7-10H2,1H3. The first-order valence-corrected chi connectivity index (χ1v) is 6.41. The van der Waals surface area contributed by atoms with Crippen LogP contribution in [-0.2, 0) is 5.41 Å². The van der Waals surface area contributed by atoms with Crippen molar-refractivity contribution < 1.29 is 4.42 Å². The topological polar surface area (TPSA) is 38.1 Å². The summed E-state index contributed by atoms with van der Waals surface area (Å²) in [6.07, 6.45) is 3.34. The minimum Gasteiger partial charge on any atom is -0.440 e. The molecule has 0 aliphatic carbocycles. The van der Waals surface area contributed by atoms with Crippen LogP contribution in [0.2, 0.25) is 0 Å². The van der Waals surface area contributed by atoms with Crippen LogP contribution in [0.1, 0.15) is 32.1 Å². The van der Waals surface area contributed by atoms with Crippen LogP contribution in [0, 0.1) is 0 Å². The molecule has 0 saturated carbocycles. The fourth-order valence-electron chi connectivity index (χ4n) is 2.72. The van der Waals surface area contributed by atoms with Gasteiger partial charge >= 0.3 is 0 Å². The number of benzene rings is 1. The molecule has 1 aliphatic heterocycles. The highest BCUT2D eigenvalue weighted by molar-refractivity contribution is 5.72. The number of hydrogen-bond donors (Lipinski definition) is 1. The van der Waals surface area contributed by atoms with Crippen LogP contribution in [-0.4, -0.2) is 18.1 Å². The summed E-state index contributed by atoms with van der Waals surface area (Å²) in [5, 5.41) is 3.41. The molecule has 1 aliphatic rings. The van der Waals surface area contributed by atoms with Gasteiger partial charge in [0.15, 0.2) is 5.58 Å². The van der Waals surface area contributed by atoms with E-state index in [2.05, 4.69) is 17.2 Å². The number of aromatic nitrogens is 1. The van der Waals surface area contributed by atoms with Gasteiger partial charge < -0.3 is 9.73 Å². The average Bonchev–Trinajstić information content (AvgIpc) is 2.84. The lowest BCUT2D eigenvalue weighted by Gasteiger charge is -2.33. The summed E-state index contributed by atoms with van der Waals surface area (Å²) in [4.78, 5) is 4.68. The first-order chi connectivity index (χ1) is 8.34. The van der Waals surface area contributed by atoms with E-state index in [4.69, 9.17) is 4.42 Å². The molecule has 0 amide bonds. The predicted molar refractivity (Wildman–Crippen MR) is 68.1 cm³/mol. The number of oxazole rings is 1. The molecule has 0 unspecified atom stereocenters. The molecule has 0 atom stereocenters. The van der Waals surface area contributed by atoms with Crippen molar-refractivity contribution in [2.24, 2.45) is 0 Å². The molecule has 1 N–H and O–H groups in total. The summed E-state index contributed by atoms with van der Waals surface area (Å²) in [5.74, 6) is 0.933. The van der Waals surface area contributed by atoms with E-state index < -0.39 is 0 Å². The van der Waals surface area contributed by atoms with Gasteiger partial charge in [0.2, 0.25) is 5.89 Å². The van der Waals surface area contributed by atoms with Gasteiger partial charge in [0.1, 0.15) is 5.52 Å². The Bertz CT molecular complexity index is 479. The average molecular weight is 230 g/mol. The number of nitrogens with one attached hydrogen (secondary N) is 1. The van der Waals surface area contributed by atoms with Crippen molar-refractivity contribution in [1.82, 2.24) is 10.3 Å². The number of hydrogen-bond acceptors (Lipinski definition) is 3. The molecule has 2 aromatic rings. The van der Waals surface area contributed by atoms with Gasteiger partial charge in [-0.3, -0.25) is 0 Å². The Morgan fingerprint density at radius 1 is 1.29 bits per heavy atom. The van der Waals surface area contributed by atoms with E-state index in [-0.39, 0.29) is 5.41 Å². The minimum absolute atomic E-state index is 0.143. The van der Waals surface area contributed by atoms with Crippen molar-refractivity contribution in [3.8, 4) is 0 Å². The lowest BCUT2D eigenvalue weighted by molar-refractivity contribution is 0.243. The van der Waals surface area contributed by atoms with Crippen LogP contribution in [0.15, 0.2) is 28.7 Å². The quantitative estimate of drug-likeness (QED) is 0.862. The van der Waals surface area contributed by atoms with Crippen molar-refractivity contribution in [2.45, 2.75) is 31.6 Å². The Labute approximate surface area is 101 Å². The van der Waals surface area contributed by atoms with Crippen LogP contribution in [0.5, 0.6) is 0 Å². The van der Waals surface area contributed by atoms with Gasteiger partial charge in [-0.1, -0.05) is 19.1 Å². The second kappa shape index (κ2) is 4.15. The maximum atomic E-state index is 5.96. The molecule has 1 fully saturated rings. The largest absolute Gasteiger partial charge is 0.440 e. The lowest BCUT2D eigenvalue weighted by atomic mass is 9.76. The summed E-state index contributed by atoms with van der Waals surface area (Å²) in [6.45, 7) is 4.36. The van der Waals surface area contributed by atoms with Crippen LogP contribution >= 0.6 is 0 Å². The lowest BCUT2D eigenvalue weighted by Crippen LogP contribution is -2.39. The number of piperidine rings is 1. The zero-order chi connectivity index (χ0) is 11.7. The minimum atomic E-state index is 0.143. The number of fused-ring (bicyclic) bond motifs is 1. The fourth-order valence-corrected chi connectivity index (χ4v) is 2.72. The van der Waals surface area contributed by atoms with Gasteiger partial charge in [0.25, 0.3) is 0 Å². The molecule has 3 rings (SSSR count). The first-order valence-electron chi connectivity index (χ1n) is 6.41. The molecule has 0 radical (unpaired) electrons. The van der Waals surface area contributed by atoms with Gasteiger partial charge in [-0.2, -0.15) is 0 Å². The Kier molecular flexibility index (Phi) is 2.63. The molecule has 3 nitrogen and oxygen atoms in total. The van der Waals surface area contributed by atoms with Crippen molar-refractivity contribution in [3.05, 3.63) is 30.2 Å². The van der Waals surface area contributed by atoms with Crippen molar-refractivity contribution in [3.63, 3.8) is 0 Å². The molecule has 17 heavy (non-hydrogen) atoms. The molecule has 1 aromatic carbocycles. The second-order valence-electron chi connectivity index (χ2n) is 4.87. The third-order valence-corrected chi connectivity index (χ3v) is 3.98. The highest BCUT2D eigenvalue weighted by Gasteiger charge is 2.36. The van der Waals surface area contributed by atoms with E-state index in [1.54, 1.807) is 0 Å². The number of rotatable bonds is 2. The molecule has 0 spiro atoms. The number of para-hydroxylation sites is 2. The molecular weight excluding hydrogens is 212 g/mol. The maximum Gasteiger partial charge on any atom is 0.201 e. The molecule has 2 heterocycles. The third kappa shape index (κ3) is 1.75. The highest BCUT2D eigenvalue weighted by atomic mass is 16.3. The highest BCUT2D eigenvalue weighted by Crippen LogP contribution is 2.37. The Balaban J connectivity index is 2.05. The summed E-state index contributed by atoms with van der Waals surface area (Å²) < 4.78 is 5.96. The van der Waals surface area contributed by atoms with Gasteiger partial charge in [-0.15, -0.1) is 0 Å². The Morgan fingerprint density at radius 2 is 2.06 bits per heavy atom. The smallest absolute Gasteiger partial charge is 0.201 e. The van der Waals surface area contributed by atoms with Crippen LogP contribution in [0.25, 0.3) is 11.1 Å². The van der Waals surface area contributed by atoms with E-state index >= 15 is 0 Å². The number of nitrogens with zero attached hydrogens (tertiary/aromatic N) is 1. The van der Waals surface area contributed by atoms with Crippen LogP contribution < -0.4 is 5.32 Å². The van der Waals surface area contributed by atoms with E-state index in [1.807, 2.05) is 24.3 Å². The van der Waals surface area contributed by atoms with Gasteiger partial charge in [-0.05, 0) is 44.5 Å². The molecule has 3 heteroatoms. The van der Waals surface area contributed by atoms with Gasteiger partial charge in [0.05, 0.1) is 0 Å². The van der Waals surface area contributed by atoms with E-state index in [0.717, 1.165) is 49.3 Å². The summed E-state index contributed by atoms with van der Waals surface area (Å²) in [5.41, 5.74) is 2.03. The summed E-state index contributed by atoms with van der Waals surface area (Å²) >= 11 is 0. The molecule has 1 aromatic heterocycles. The molecule has 90 valence electrons. The first kappa shape index (κ1) is 10.8. The summed E-state index contributed by atoms with van der Waals surface area (Å²) in [7, 11) is 0. The molecule has 1 saturated heterocycles. The third-order valence-electron chi connectivity index (χ3n) is 3.98. The van der Waals surface area contributed by atoms with E-state index in [1.165, 1.54) is 0 Å². The monoisotopic (exact) mass is 230 g/mol. The SMILES string of the molecule is CCC1(c2nc3ccccc3o2)CCNCC1. The zero-order valence-corrected chi connectivity index (χ0v) is 10.2. The van der Waals surface area contributed by atoms with Crippen molar-refractivity contribution in [2.75, 3.05) is 13.1 Å².